The quantitative estimate of drug-likeness (QED) is 0.565. The first-order chi connectivity index (χ1) is 15.9. The molecule has 33 heavy (non-hydrogen) atoms. The molecule has 2 aromatic heterocycles. The van der Waals surface area contributed by atoms with Gasteiger partial charge in [-0.15, -0.1) is 0 Å². The average Bonchev–Trinajstić information content (AvgIpc) is 3.39. The lowest BCUT2D eigenvalue weighted by molar-refractivity contribution is -0.179. The number of nitrogens with two attached hydrogens (primary N) is 1. The highest BCUT2D eigenvalue weighted by Gasteiger charge is 2.63. The van der Waals surface area contributed by atoms with Crippen molar-refractivity contribution in [3.8, 4) is 0 Å². The molecule has 2 N–H and O–H groups in total. The number of anilines is 1. The van der Waals surface area contributed by atoms with Gasteiger partial charge in [0.15, 0.2) is 18.2 Å². The fourth-order valence-electron chi connectivity index (χ4n) is 4.58. The molecule has 1 unspecified atom stereocenters. The Hall–Kier alpha value is -2.72. The predicted molar refractivity (Wildman–Crippen MR) is 118 cm³/mol. The van der Waals surface area contributed by atoms with E-state index in [-0.39, 0.29) is 18.5 Å². The van der Waals surface area contributed by atoms with E-state index < -0.39 is 30.3 Å². The molecule has 2 saturated heterocycles. The van der Waals surface area contributed by atoms with Crippen molar-refractivity contribution in [2.75, 3.05) is 12.3 Å². The third-order valence-electron chi connectivity index (χ3n) is 6.52. The second-order valence-electron chi connectivity index (χ2n) is 8.90. The maximum absolute atomic E-state index is 12.2. The Bertz CT molecular complexity index is 1210. The third-order valence-corrected chi connectivity index (χ3v) is 6.77. The first-order valence-electron chi connectivity index (χ1n) is 10.9. The number of aromatic nitrogens is 3. The summed E-state index contributed by atoms with van der Waals surface area (Å²) in [5.41, 5.74) is 7.70. The summed E-state index contributed by atoms with van der Waals surface area (Å²) in [6, 6.07) is 9.01. The lowest BCUT2D eigenvalue weighted by Gasteiger charge is -2.28. The van der Waals surface area contributed by atoms with E-state index in [1.165, 1.54) is 0 Å². The first kappa shape index (κ1) is 20.9. The highest BCUT2D eigenvalue weighted by molar-refractivity contribution is 6.30. The predicted octanol–water partition coefficient (Wildman–Crippen LogP) is 3.39. The van der Waals surface area contributed by atoms with Crippen molar-refractivity contribution < 1.29 is 23.7 Å². The van der Waals surface area contributed by atoms with E-state index in [0.29, 0.717) is 21.9 Å². The van der Waals surface area contributed by atoms with Crippen LogP contribution in [0.4, 0.5) is 5.69 Å². The fourth-order valence-corrected chi connectivity index (χ4v) is 4.71. The number of nitrogen functional groups attached to an aromatic ring is 1. The smallest absolute Gasteiger partial charge is 0.309 e. The third kappa shape index (κ3) is 3.47. The molecule has 172 valence electrons. The summed E-state index contributed by atoms with van der Waals surface area (Å²) in [6.45, 7) is 2.00. The average molecular weight is 471 g/mol. The number of ether oxygens (including phenoxy) is 4. The van der Waals surface area contributed by atoms with E-state index in [9.17, 15) is 4.79 Å². The molecule has 3 aliphatic rings. The highest BCUT2D eigenvalue weighted by Crippen LogP contribution is 2.52. The number of pyridine rings is 1. The second-order valence-corrected chi connectivity index (χ2v) is 9.33. The standard InChI is InChI=1S/C23H23ClN4O5/c1-23-18(32-21(33-23)13-4-6-14(24)7-5-13)16(10-30-20(29)12-2-3-12)31-22(23)28-11-27-17-15(25)8-9-26-19(17)28/h4-9,11-12,16,18,21-22H,2-3,10H2,1H3,(H2,25,26)/t16-,18-,21?,22-,23-/m1/s1. The van der Waals surface area contributed by atoms with Crippen LogP contribution in [-0.2, 0) is 23.7 Å². The molecule has 9 nitrogen and oxygen atoms in total. The van der Waals surface area contributed by atoms with E-state index in [2.05, 4.69) is 9.97 Å². The molecular weight excluding hydrogens is 448 g/mol. The topological polar surface area (TPSA) is 111 Å². The number of halogens is 1. The van der Waals surface area contributed by atoms with Crippen LogP contribution >= 0.6 is 11.6 Å². The van der Waals surface area contributed by atoms with Crippen LogP contribution in [0.3, 0.4) is 0 Å². The van der Waals surface area contributed by atoms with E-state index >= 15 is 0 Å². The van der Waals surface area contributed by atoms with Gasteiger partial charge in [0.05, 0.1) is 17.9 Å². The van der Waals surface area contributed by atoms with Crippen LogP contribution < -0.4 is 5.73 Å². The van der Waals surface area contributed by atoms with Crippen LogP contribution in [0.5, 0.6) is 0 Å². The lowest BCUT2D eigenvalue weighted by Crippen LogP contribution is -2.42. The number of esters is 1. The highest BCUT2D eigenvalue weighted by atomic mass is 35.5. The number of nitrogens with zero attached hydrogens (tertiary/aromatic N) is 3. The molecule has 3 fully saturated rings. The number of imidazole rings is 1. The zero-order chi connectivity index (χ0) is 22.7. The van der Waals surface area contributed by atoms with Gasteiger partial charge in [0.25, 0.3) is 0 Å². The fraction of sp³-hybridized carbons (Fsp3) is 0.435. The minimum absolute atomic E-state index is 0.000846. The number of fused-ring (bicyclic) bond motifs is 2. The molecule has 0 amide bonds. The van der Waals surface area contributed by atoms with Gasteiger partial charge in [0.2, 0.25) is 0 Å². The largest absolute Gasteiger partial charge is 0.463 e. The van der Waals surface area contributed by atoms with E-state index in [4.69, 9.17) is 36.3 Å². The molecule has 5 atom stereocenters. The maximum atomic E-state index is 12.2. The second kappa shape index (κ2) is 7.66. The Morgan fingerprint density at radius 3 is 2.79 bits per heavy atom. The van der Waals surface area contributed by atoms with Crippen molar-refractivity contribution in [1.29, 1.82) is 0 Å². The number of benzene rings is 1. The van der Waals surface area contributed by atoms with Crippen molar-refractivity contribution in [3.05, 3.63) is 53.4 Å². The molecule has 1 saturated carbocycles. The molecule has 1 aromatic carbocycles. The van der Waals surface area contributed by atoms with Crippen molar-refractivity contribution in [2.45, 2.75) is 50.1 Å². The summed E-state index contributed by atoms with van der Waals surface area (Å²) in [4.78, 5) is 21.1. The van der Waals surface area contributed by atoms with Gasteiger partial charge in [0, 0.05) is 16.8 Å². The van der Waals surface area contributed by atoms with Gasteiger partial charge in [-0.05, 0) is 38.0 Å². The van der Waals surface area contributed by atoms with Crippen molar-refractivity contribution in [1.82, 2.24) is 14.5 Å². The van der Waals surface area contributed by atoms with Crippen LogP contribution in [0.1, 0.15) is 37.8 Å². The Morgan fingerprint density at radius 1 is 1.24 bits per heavy atom. The van der Waals surface area contributed by atoms with Crippen LogP contribution in [0.15, 0.2) is 42.9 Å². The molecule has 0 radical (unpaired) electrons. The minimum atomic E-state index is -0.902. The summed E-state index contributed by atoms with van der Waals surface area (Å²) in [5.74, 6) is -0.194. The number of hydrogen-bond donors (Lipinski definition) is 1. The van der Waals surface area contributed by atoms with Crippen LogP contribution in [0.25, 0.3) is 11.2 Å². The molecule has 10 heteroatoms. The van der Waals surface area contributed by atoms with Gasteiger partial charge in [-0.1, -0.05) is 23.7 Å². The Kier molecular flexibility index (Phi) is 4.84. The van der Waals surface area contributed by atoms with Gasteiger partial charge < -0.3 is 24.7 Å². The van der Waals surface area contributed by atoms with Crippen molar-refractivity contribution >= 4 is 34.4 Å². The van der Waals surface area contributed by atoms with Gasteiger partial charge in [0.1, 0.15) is 29.9 Å². The Morgan fingerprint density at radius 2 is 2.03 bits per heavy atom. The zero-order valence-corrected chi connectivity index (χ0v) is 18.6. The number of carbonyl (C=O) groups is 1. The van der Waals surface area contributed by atoms with E-state index in [0.717, 1.165) is 18.4 Å². The summed E-state index contributed by atoms with van der Waals surface area (Å²) in [7, 11) is 0. The van der Waals surface area contributed by atoms with Gasteiger partial charge in [-0.3, -0.25) is 9.36 Å². The summed E-state index contributed by atoms with van der Waals surface area (Å²) >= 11 is 6.05. The molecule has 6 rings (SSSR count). The number of rotatable bonds is 5. The minimum Gasteiger partial charge on any atom is -0.463 e. The van der Waals surface area contributed by atoms with Gasteiger partial charge in [-0.25, -0.2) is 9.97 Å². The normalized spacial score (nSPS) is 31.1. The first-order valence-corrected chi connectivity index (χ1v) is 11.3. The van der Waals surface area contributed by atoms with Crippen LogP contribution in [0, 0.1) is 5.92 Å². The molecule has 4 heterocycles. The summed E-state index contributed by atoms with van der Waals surface area (Å²) in [5, 5.41) is 0.628. The monoisotopic (exact) mass is 470 g/mol. The summed E-state index contributed by atoms with van der Waals surface area (Å²) < 4.78 is 26.5. The lowest BCUT2D eigenvalue weighted by atomic mass is 9.96. The molecule has 2 aliphatic heterocycles. The van der Waals surface area contributed by atoms with Crippen LogP contribution in [-0.4, -0.2) is 44.9 Å². The SMILES string of the molecule is C[C@@]12OC(c3ccc(Cl)cc3)O[C@@H]1[C@@H](COC(=O)C1CC1)O[C@H]2n1cnc2c(N)ccnc21. The van der Waals surface area contributed by atoms with Crippen molar-refractivity contribution in [2.24, 2.45) is 5.92 Å². The van der Waals surface area contributed by atoms with E-state index in [1.807, 2.05) is 19.1 Å². The molecule has 0 spiro atoms. The molecule has 3 aromatic rings. The maximum Gasteiger partial charge on any atom is 0.309 e. The number of carbonyl (C=O) groups excluding carboxylic acids is 1. The number of hydrogen-bond acceptors (Lipinski definition) is 8. The molecule has 1 aliphatic carbocycles. The zero-order valence-electron chi connectivity index (χ0n) is 17.9. The Balaban J connectivity index is 1.34. The van der Waals surface area contributed by atoms with E-state index in [1.54, 1.807) is 35.3 Å². The van der Waals surface area contributed by atoms with Crippen molar-refractivity contribution in [3.63, 3.8) is 0 Å². The van der Waals surface area contributed by atoms with Gasteiger partial charge >= 0.3 is 5.97 Å². The molecule has 0 bridgehead atoms. The molecular formula is C23H23ClN4O5. The van der Waals surface area contributed by atoms with Crippen LogP contribution in [0.2, 0.25) is 5.02 Å². The Labute approximate surface area is 194 Å². The summed E-state index contributed by atoms with van der Waals surface area (Å²) in [6.07, 6.45) is 2.75. The van der Waals surface area contributed by atoms with Gasteiger partial charge in [-0.2, -0.15) is 0 Å².